The van der Waals surface area contributed by atoms with Crippen LogP contribution in [0.5, 0.6) is 34.5 Å². The van der Waals surface area contributed by atoms with Crippen molar-refractivity contribution in [1.82, 2.24) is 0 Å². The number of phenolic OH excluding ortho intramolecular Hbond substituents is 2. The van der Waals surface area contributed by atoms with Crippen molar-refractivity contribution >= 4 is 20.0 Å². The number of aromatic hydroxyl groups is 2. The molecule has 0 fully saturated rings. The van der Waals surface area contributed by atoms with Crippen LogP contribution in [0.3, 0.4) is 0 Å². The van der Waals surface area contributed by atoms with E-state index in [2.05, 4.69) is 0 Å². The number of benzene rings is 6. The van der Waals surface area contributed by atoms with Gasteiger partial charge in [0, 0.05) is 0 Å². The van der Waals surface area contributed by atoms with Crippen molar-refractivity contribution in [3.8, 4) is 34.5 Å². The molecule has 0 amide bonds. The summed E-state index contributed by atoms with van der Waals surface area (Å²) in [7, 11) is -9.79. The second kappa shape index (κ2) is 15.9. The highest BCUT2D eigenvalue weighted by Gasteiger charge is 2.72. The molecular weight excluding hydrogens is 884 g/mol. The molecule has 0 heterocycles. The van der Waals surface area contributed by atoms with Crippen LogP contribution in [0.1, 0.15) is 29.2 Å². The van der Waals surface area contributed by atoms with E-state index in [0.29, 0.717) is 42.5 Å². The first-order valence-corrected chi connectivity index (χ1v) is 20.4. The molecule has 0 saturated heterocycles. The van der Waals surface area contributed by atoms with E-state index < -0.39 is 86.6 Å². The Morgan fingerprint density at radius 2 is 0.806 bits per heavy atom. The van der Waals surface area contributed by atoms with Gasteiger partial charge in [-0.15, -0.1) is 0 Å². The minimum absolute atomic E-state index is 0.125. The standard InChI is InChI=1S/C42H29F9O9S2/c1-38(40(43,44)45,25-2-10-29(52)11-3-25)26-6-14-33(15-7-26)60-36-23-22-35(24-37(36)62(56,57)58)61(54,55)34-20-18-32(19-21-34)59-31-16-8-28(9-17-31)39(41(46,47)48,42(49,50)51)27-4-12-30(53)13-5-27/h2-24,52-53H,1H3,(H,56,57,58). The van der Waals surface area contributed by atoms with Crippen LogP contribution in [-0.2, 0) is 30.8 Å². The van der Waals surface area contributed by atoms with Crippen LogP contribution in [0.2, 0.25) is 0 Å². The fraction of sp³-hybridized carbons (Fsp3) is 0.143. The lowest BCUT2D eigenvalue weighted by molar-refractivity contribution is -0.288. The number of phenols is 2. The van der Waals surface area contributed by atoms with Gasteiger partial charge in [0.25, 0.3) is 10.1 Å². The SMILES string of the molecule is CC(c1ccc(O)cc1)(c1ccc(Oc2ccc(S(=O)(=O)c3ccc(Oc4ccc(C(c5ccc(O)cc5)(C(F)(F)F)C(F)(F)F)cc4)cc3)cc2S(=O)(=O)O)cc1)C(F)(F)F. The van der Waals surface area contributed by atoms with Gasteiger partial charge in [-0.2, -0.15) is 47.9 Å². The Hall–Kier alpha value is -6.25. The number of ether oxygens (including phenoxy) is 2. The Morgan fingerprint density at radius 3 is 1.21 bits per heavy atom. The first kappa shape index (κ1) is 45.3. The van der Waals surface area contributed by atoms with Crippen LogP contribution in [0.4, 0.5) is 39.5 Å². The van der Waals surface area contributed by atoms with E-state index in [1.807, 2.05) is 0 Å². The number of sulfone groups is 1. The molecule has 3 N–H and O–H groups in total. The van der Waals surface area contributed by atoms with Crippen LogP contribution in [0, 0.1) is 0 Å². The fourth-order valence-corrected chi connectivity index (χ4v) is 8.64. The third-order valence-electron chi connectivity index (χ3n) is 9.98. The lowest BCUT2D eigenvalue weighted by Crippen LogP contribution is -2.54. The van der Waals surface area contributed by atoms with Crippen molar-refractivity contribution in [2.24, 2.45) is 0 Å². The van der Waals surface area contributed by atoms with Gasteiger partial charge in [-0.3, -0.25) is 4.55 Å². The molecule has 0 radical (unpaired) electrons. The zero-order valence-corrected chi connectivity index (χ0v) is 32.9. The average Bonchev–Trinajstić information content (AvgIpc) is 3.18. The zero-order valence-electron chi connectivity index (χ0n) is 31.3. The zero-order chi connectivity index (χ0) is 45.7. The van der Waals surface area contributed by atoms with Gasteiger partial charge in [0.15, 0.2) is 0 Å². The molecule has 0 aliphatic carbocycles. The lowest BCUT2D eigenvalue weighted by atomic mass is 9.73. The maximum Gasteiger partial charge on any atom is 0.411 e. The maximum absolute atomic E-state index is 14.4. The summed E-state index contributed by atoms with van der Waals surface area (Å²) in [5, 5.41) is 19.1. The lowest BCUT2D eigenvalue weighted by Gasteiger charge is -2.38. The summed E-state index contributed by atoms with van der Waals surface area (Å²) < 4.78 is 203. The smallest absolute Gasteiger partial charge is 0.411 e. The third-order valence-corrected chi connectivity index (χ3v) is 12.6. The predicted molar refractivity (Wildman–Crippen MR) is 203 cm³/mol. The predicted octanol–water partition coefficient (Wildman–Crippen LogP) is 11.0. The van der Waals surface area contributed by atoms with Crippen molar-refractivity contribution in [2.75, 3.05) is 0 Å². The van der Waals surface area contributed by atoms with Gasteiger partial charge in [-0.25, -0.2) is 8.42 Å². The number of halogens is 9. The molecule has 0 aromatic heterocycles. The van der Waals surface area contributed by atoms with Gasteiger partial charge < -0.3 is 19.7 Å². The molecule has 62 heavy (non-hydrogen) atoms. The molecule has 20 heteroatoms. The van der Waals surface area contributed by atoms with Gasteiger partial charge in [-0.05, 0) is 120 Å². The molecule has 6 aromatic rings. The fourth-order valence-electron chi connectivity index (χ4n) is 6.64. The minimum atomic E-state index is -5.89. The van der Waals surface area contributed by atoms with Gasteiger partial charge in [-0.1, -0.05) is 48.5 Å². The van der Waals surface area contributed by atoms with Gasteiger partial charge in [0.1, 0.15) is 44.8 Å². The van der Waals surface area contributed by atoms with Gasteiger partial charge in [0.05, 0.1) is 9.79 Å². The Labute approximate surface area is 346 Å². The minimum Gasteiger partial charge on any atom is -0.508 e. The number of alkyl halides is 9. The van der Waals surface area contributed by atoms with E-state index >= 15 is 0 Å². The molecular formula is C42H29F9O9S2. The summed E-state index contributed by atoms with van der Waals surface area (Å²) in [6.45, 7) is 0.919. The third kappa shape index (κ3) is 8.36. The summed E-state index contributed by atoms with van der Waals surface area (Å²) >= 11 is 0. The van der Waals surface area contributed by atoms with Gasteiger partial charge >= 0.3 is 18.5 Å². The highest BCUT2D eigenvalue weighted by molar-refractivity contribution is 7.91. The molecule has 6 aromatic carbocycles. The van der Waals surface area contributed by atoms with Crippen LogP contribution in [0.25, 0.3) is 0 Å². The number of rotatable bonds is 11. The van der Waals surface area contributed by atoms with E-state index in [9.17, 15) is 71.1 Å². The molecule has 0 bridgehead atoms. The topological polar surface area (TPSA) is 147 Å². The van der Waals surface area contributed by atoms with E-state index in [1.54, 1.807) is 0 Å². The van der Waals surface area contributed by atoms with E-state index in [0.717, 1.165) is 104 Å². The van der Waals surface area contributed by atoms with Crippen LogP contribution >= 0.6 is 0 Å². The van der Waals surface area contributed by atoms with Crippen molar-refractivity contribution in [2.45, 2.75) is 51.0 Å². The molecule has 0 aliphatic heterocycles. The summed E-state index contributed by atoms with van der Waals surface area (Å²) in [6.07, 6.45) is -16.6. The monoisotopic (exact) mass is 912 g/mol. The first-order valence-electron chi connectivity index (χ1n) is 17.5. The van der Waals surface area contributed by atoms with Crippen molar-refractivity contribution in [3.05, 3.63) is 162 Å². The molecule has 0 spiro atoms. The second-order valence-corrected chi connectivity index (χ2v) is 17.1. The molecule has 0 saturated carbocycles. The highest BCUT2D eigenvalue weighted by Crippen LogP contribution is 2.56. The first-order chi connectivity index (χ1) is 28.7. The highest BCUT2D eigenvalue weighted by atomic mass is 32.2. The van der Waals surface area contributed by atoms with Crippen molar-refractivity contribution in [1.29, 1.82) is 0 Å². The molecule has 1 atom stereocenters. The van der Waals surface area contributed by atoms with Crippen molar-refractivity contribution in [3.63, 3.8) is 0 Å². The molecule has 1 unspecified atom stereocenters. The summed E-state index contributed by atoms with van der Waals surface area (Å²) in [6, 6.07) is 20.4. The number of hydrogen-bond acceptors (Lipinski definition) is 8. The van der Waals surface area contributed by atoms with E-state index in [1.165, 1.54) is 0 Å². The summed E-state index contributed by atoms with van der Waals surface area (Å²) in [4.78, 5) is -2.15. The Bertz CT molecular complexity index is 2780. The van der Waals surface area contributed by atoms with Crippen molar-refractivity contribution < 1.29 is 80.6 Å². The van der Waals surface area contributed by atoms with Crippen LogP contribution in [0.15, 0.2) is 154 Å². The molecule has 6 rings (SSSR count). The quantitative estimate of drug-likeness (QED) is 0.0853. The largest absolute Gasteiger partial charge is 0.508 e. The maximum atomic E-state index is 14.4. The Kier molecular flexibility index (Phi) is 11.6. The average molecular weight is 913 g/mol. The van der Waals surface area contributed by atoms with E-state index in [4.69, 9.17) is 9.47 Å². The van der Waals surface area contributed by atoms with E-state index in [-0.39, 0.29) is 34.1 Å². The second-order valence-electron chi connectivity index (χ2n) is 13.8. The molecule has 9 nitrogen and oxygen atoms in total. The Balaban J connectivity index is 1.23. The summed E-state index contributed by atoms with van der Waals surface area (Å²) in [5.74, 6) is -1.99. The molecule has 326 valence electrons. The normalized spacial score (nSPS) is 13.9. The van der Waals surface area contributed by atoms with Gasteiger partial charge in [0.2, 0.25) is 15.3 Å². The number of hydrogen-bond donors (Lipinski definition) is 3. The van der Waals surface area contributed by atoms with Crippen LogP contribution < -0.4 is 9.47 Å². The summed E-state index contributed by atoms with van der Waals surface area (Å²) in [5.41, 5.74) is -9.94. The van der Waals surface area contributed by atoms with Crippen LogP contribution in [-0.4, -0.2) is 50.1 Å². The molecule has 0 aliphatic rings. The Morgan fingerprint density at radius 1 is 0.452 bits per heavy atom.